The molecule has 1 heteroatoms. The molecule has 0 aromatic carbocycles. The lowest BCUT2D eigenvalue weighted by atomic mass is 10.1. The second-order valence-corrected chi connectivity index (χ2v) is 3.94. The lowest BCUT2D eigenvalue weighted by Gasteiger charge is -1.98. The van der Waals surface area contributed by atoms with Crippen molar-refractivity contribution >= 4 is 5.78 Å². The topological polar surface area (TPSA) is 17.1 Å². The van der Waals surface area contributed by atoms with Crippen LogP contribution in [0.4, 0.5) is 0 Å². The first-order valence-electron chi connectivity index (χ1n) is 3.78. The van der Waals surface area contributed by atoms with Gasteiger partial charge in [0.2, 0.25) is 0 Å². The van der Waals surface area contributed by atoms with Crippen LogP contribution in [0.3, 0.4) is 0 Å². The average molecular weight is 139 g/mol. The van der Waals surface area contributed by atoms with Crippen molar-refractivity contribution in [2.45, 2.75) is 27.2 Å². The van der Waals surface area contributed by atoms with E-state index in [0.717, 1.165) is 6.42 Å². The van der Waals surface area contributed by atoms with Crippen LogP contribution in [0.2, 0.25) is 0 Å². The van der Waals surface area contributed by atoms with Crippen LogP contribution in [-0.4, -0.2) is 5.78 Å². The molecule has 0 saturated heterocycles. The second kappa shape index (κ2) is 2.08. The van der Waals surface area contributed by atoms with Crippen LogP contribution in [0.25, 0.3) is 0 Å². The summed E-state index contributed by atoms with van der Waals surface area (Å²) in [4.78, 5) is 10.7. The maximum atomic E-state index is 10.7. The zero-order chi connectivity index (χ0) is 7.94. The van der Waals surface area contributed by atoms with Crippen molar-refractivity contribution in [3.8, 4) is 0 Å². The van der Waals surface area contributed by atoms with Gasteiger partial charge in [0.25, 0.3) is 0 Å². The minimum Gasteiger partial charge on any atom is -0.300 e. The molecule has 2 unspecified atom stereocenters. The molecule has 0 spiro atoms. The third-order valence-corrected chi connectivity index (χ3v) is 2.80. The lowest BCUT2D eigenvalue weighted by molar-refractivity contribution is -0.117. The van der Waals surface area contributed by atoms with Gasteiger partial charge in [-0.05, 0) is 31.1 Å². The Kier molecular flexibility index (Phi) is 1.61. The molecule has 0 amide bonds. The third-order valence-electron chi connectivity index (χ3n) is 2.80. The lowest BCUT2D eigenvalue weighted by Crippen LogP contribution is -1.96. The summed E-state index contributed by atoms with van der Waals surface area (Å²) < 4.78 is 0. The number of hydrogen-bond donors (Lipinski definition) is 0. The zero-order valence-electron chi connectivity index (χ0n) is 6.98. The molecule has 0 aromatic rings. The summed E-state index contributed by atoms with van der Waals surface area (Å²) in [5.41, 5.74) is 0.325. The third kappa shape index (κ3) is 1.09. The Hall–Kier alpha value is -0.330. The monoisotopic (exact) mass is 139 g/mol. The Labute approximate surface area is 62.8 Å². The van der Waals surface area contributed by atoms with E-state index in [1.807, 2.05) is 0 Å². The van der Waals surface area contributed by atoms with Crippen LogP contribution in [0.5, 0.6) is 0 Å². The van der Waals surface area contributed by atoms with Crippen molar-refractivity contribution in [3.63, 3.8) is 0 Å². The van der Waals surface area contributed by atoms with Gasteiger partial charge < -0.3 is 4.79 Å². The summed E-state index contributed by atoms with van der Waals surface area (Å²) in [6.45, 7) is 10.00. The minimum absolute atomic E-state index is 0.296. The highest BCUT2D eigenvalue weighted by Gasteiger charge is 2.54. The van der Waals surface area contributed by atoms with Gasteiger partial charge in [-0.25, -0.2) is 0 Å². The van der Waals surface area contributed by atoms with Gasteiger partial charge in [-0.2, -0.15) is 0 Å². The SMILES string of the molecule is [CH2]C1C(CC(C)=O)C1(C)C. The highest BCUT2D eigenvalue weighted by Crippen LogP contribution is 2.59. The van der Waals surface area contributed by atoms with E-state index in [4.69, 9.17) is 0 Å². The molecular weight excluding hydrogens is 124 g/mol. The summed E-state index contributed by atoms with van der Waals surface area (Å²) in [6, 6.07) is 0. The quantitative estimate of drug-likeness (QED) is 0.572. The molecule has 0 aliphatic heterocycles. The van der Waals surface area contributed by atoms with Gasteiger partial charge in [-0.1, -0.05) is 13.8 Å². The standard InChI is InChI=1S/C9H15O/c1-6(10)5-8-7(2)9(8,3)4/h7-8H,2,5H2,1,3-4H3. The fraction of sp³-hybridized carbons (Fsp3) is 0.778. The van der Waals surface area contributed by atoms with Crippen LogP contribution < -0.4 is 0 Å². The van der Waals surface area contributed by atoms with Crippen LogP contribution in [0, 0.1) is 24.2 Å². The van der Waals surface area contributed by atoms with Gasteiger partial charge in [0.15, 0.2) is 0 Å². The van der Waals surface area contributed by atoms with E-state index in [-0.39, 0.29) is 0 Å². The molecule has 1 radical (unpaired) electrons. The van der Waals surface area contributed by atoms with Crippen LogP contribution in [0.1, 0.15) is 27.2 Å². The molecule has 1 saturated carbocycles. The van der Waals surface area contributed by atoms with Crippen molar-refractivity contribution < 1.29 is 4.79 Å². The Morgan fingerprint density at radius 1 is 1.60 bits per heavy atom. The first kappa shape index (κ1) is 7.77. The van der Waals surface area contributed by atoms with E-state index in [0.29, 0.717) is 23.0 Å². The maximum absolute atomic E-state index is 10.7. The fourth-order valence-corrected chi connectivity index (χ4v) is 1.57. The predicted octanol–water partition coefficient (Wildman–Crippen LogP) is 2.07. The number of ketones is 1. The molecule has 0 aromatic heterocycles. The van der Waals surface area contributed by atoms with Crippen molar-refractivity contribution in [1.82, 2.24) is 0 Å². The molecule has 57 valence electrons. The number of carbonyl (C=O) groups is 1. The van der Waals surface area contributed by atoms with Crippen LogP contribution in [-0.2, 0) is 4.79 Å². The van der Waals surface area contributed by atoms with E-state index in [1.165, 1.54) is 0 Å². The summed E-state index contributed by atoms with van der Waals surface area (Å²) in [7, 11) is 0. The normalized spacial score (nSPS) is 35.6. The number of Topliss-reactive ketones (excluding diaryl/α,β-unsaturated/α-hetero) is 1. The molecule has 0 bridgehead atoms. The smallest absolute Gasteiger partial charge is 0.130 e. The number of rotatable bonds is 2. The Balaban J connectivity index is 2.42. The van der Waals surface area contributed by atoms with Crippen molar-refractivity contribution in [3.05, 3.63) is 6.92 Å². The molecule has 1 aliphatic carbocycles. The first-order chi connectivity index (χ1) is 4.46. The Bertz CT molecular complexity index is 158. The summed E-state index contributed by atoms with van der Waals surface area (Å²) in [5, 5.41) is 0. The Morgan fingerprint density at radius 3 is 2.10 bits per heavy atom. The molecule has 1 nitrogen and oxygen atoms in total. The van der Waals surface area contributed by atoms with E-state index < -0.39 is 0 Å². The summed E-state index contributed by atoms with van der Waals surface area (Å²) in [5.74, 6) is 1.34. The first-order valence-corrected chi connectivity index (χ1v) is 3.78. The van der Waals surface area contributed by atoms with Crippen molar-refractivity contribution in [2.24, 2.45) is 17.3 Å². The van der Waals surface area contributed by atoms with E-state index in [1.54, 1.807) is 6.92 Å². The molecular formula is C9H15O. The second-order valence-electron chi connectivity index (χ2n) is 3.94. The largest absolute Gasteiger partial charge is 0.300 e. The molecule has 2 atom stereocenters. The summed E-state index contributed by atoms with van der Waals surface area (Å²) >= 11 is 0. The van der Waals surface area contributed by atoms with Gasteiger partial charge in [-0.15, -0.1) is 0 Å². The molecule has 1 aliphatic rings. The molecule has 0 heterocycles. The van der Waals surface area contributed by atoms with Crippen molar-refractivity contribution in [2.75, 3.05) is 0 Å². The van der Waals surface area contributed by atoms with E-state index in [2.05, 4.69) is 20.8 Å². The van der Waals surface area contributed by atoms with Gasteiger partial charge in [0.05, 0.1) is 0 Å². The molecule has 0 N–H and O–H groups in total. The fourth-order valence-electron chi connectivity index (χ4n) is 1.57. The maximum Gasteiger partial charge on any atom is 0.130 e. The highest BCUT2D eigenvalue weighted by molar-refractivity contribution is 5.76. The van der Waals surface area contributed by atoms with Gasteiger partial charge >= 0.3 is 0 Å². The van der Waals surface area contributed by atoms with Crippen LogP contribution >= 0.6 is 0 Å². The minimum atomic E-state index is 0.296. The number of hydrogen-bond acceptors (Lipinski definition) is 1. The molecule has 1 fully saturated rings. The van der Waals surface area contributed by atoms with Crippen molar-refractivity contribution in [1.29, 1.82) is 0 Å². The average Bonchev–Trinajstić information content (AvgIpc) is 2.17. The predicted molar refractivity (Wildman–Crippen MR) is 41.4 cm³/mol. The van der Waals surface area contributed by atoms with E-state index in [9.17, 15) is 4.79 Å². The zero-order valence-corrected chi connectivity index (χ0v) is 6.98. The van der Waals surface area contributed by atoms with Gasteiger partial charge in [0.1, 0.15) is 5.78 Å². The number of carbonyl (C=O) groups excluding carboxylic acids is 1. The van der Waals surface area contributed by atoms with Gasteiger partial charge in [-0.3, -0.25) is 0 Å². The molecule has 10 heavy (non-hydrogen) atoms. The molecule has 1 rings (SSSR count). The van der Waals surface area contributed by atoms with Crippen LogP contribution in [0.15, 0.2) is 0 Å². The van der Waals surface area contributed by atoms with E-state index >= 15 is 0 Å². The van der Waals surface area contributed by atoms with Gasteiger partial charge in [0, 0.05) is 6.42 Å². The highest BCUT2D eigenvalue weighted by atomic mass is 16.1. The summed E-state index contributed by atoms with van der Waals surface area (Å²) in [6.07, 6.45) is 0.723. The Morgan fingerprint density at radius 2 is 2.00 bits per heavy atom.